The number of carbonyl (C=O) groups excluding carboxylic acids is 1. The molecule has 0 radical (unpaired) electrons. The molecule has 2 aromatic carbocycles. The van der Waals surface area contributed by atoms with Crippen LogP contribution in [-0.2, 0) is 4.79 Å². The molecule has 0 saturated carbocycles. The highest BCUT2D eigenvalue weighted by Crippen LogP contribution is 2.25. The zero-order valence-corrected chi connectivity index (χ0v) is 16.4. The highest BCUT2D eigenvalue weighted by Gasteiger charge is 2.21. The van der Waals surface area contributed by atoms with Crippen molar-refractivity contribution in [2.45, 2.75) is 6.92 Å². The number of carbonyl (C=O) groups is 1. The van der Waals surface area contributed by atoms with E-state index in [9.17, 15) is 4.79 Å². The number of benzene rings is 2. The summed E-state index contributed by atoms with van der Waals surface area (Å²) in [5.41, 5.74) is 2.26. The topological polar surface area (TPSA) is 32.8 Å². The van der Waals surface area contributed by atoms with Crippen molar-refractivity contribution in [1.29, 1.82) is 0 Å². The molecule has 0 aromatic heterocycles. The van der Waals surface area contributed by atoms with Crippen LogP contribution in [0.3, 0.4) is 0 Å². The van der Waals surface area contributed by atoms with E-state index in [1.807, 2.05) is 42.2 Å². The van der Waals surface area contributed by atoms with E-state index >= 15 is 0 Å². The van der Waals surface area contributed by atoms with E-state index in [1.165, 1.54) is 5.56 Å². The largest absolute Gasteiger partial charge is 0.482 e. The number of amides is 1. The smallest absolute Gasteiger partial charge is 0.260 e. The Kier molecular flexibility index (Phi) is 6.91. The summed E-state index contributed by atoms with van der Waals surface area (Å²) < 4.78 is 5.63. The molecule has 1 fully saturated rings. The van der Waals surface area contributed by atoms with Crippen molar-refractivity contribution in [3.63, 3.8) is 0 Å². The molecule has 0 N–H and O–H groups in total. The van der Waals surface area contributed by atoms with Crippen molar-refractivity contribution in [2.75, 3.05) is 39.3 Å². The van der Waals surface area contributed by atoms with Gasteiger partial charge in [0.1, 0.15) is 5.75 Å². The zero-order chi connectivity index (χ0) is 19.1. The number of ether oxygens (including phenoxy) is 1. The summed E-state index contributed by atoms with van der Waals surface area (Å²) in [6, 6.07) is 15.8. The summed E-state index contributed by atoms with van der Waals surface area (Å²) in [6.45, 7) is 6.08. The van der Waals surface area contributed by atoms with Gasteiger partial charge in [-0.25, -0.2) is 0 Å². The molecule has 3 rings (SSSR count). The Hall–Kier alpha value is -2.30. The van der Waals surface area contributed by atoms with E-state index in [0.29, 0.717) is 10.8 Å². The van der Waals surface area contributed by atoms with Gasteiger partial charge in [-0.1, -0.05) is 60.2 Å². The third kappa shape index (κ3) is 5.84. The third-order valence-corrected chi connectivity index (χ3v) is 4.95. The second-order valence-corrected chi connectivity index (χ2v) is 7.12. The fourth-order valence-electron chi connectivity index (χ4n) is 3.03. The van der Waals surface area contributed by atoms with E-state index in [0.717, 1.165) is 38.3 Å². The predicted molar refractivity (Wildman–Crippen MR) is 110 cm³/mol. The number of rotatable bonds is 6. The number of hydrogen-bond donors (Lipinski definition) is 0. The maximum Gasteiger partial charge on any atom is 0.260 e. The Bertz CT molecular complexity index is 784. The standard InChI is InChI=1S/C22H25ClN2O2/c1-18-9-10-20(23)21(16-18)27-17-22(26)25-14-12-24(13-15-25)11-5-8-19-6-3-2-4-7-19/h2-10,16H,11-15,17H2,1H3/b8-5+. The van der Waals surface area contributed by atoms with Crippen molar-refractivity contribution in [2.24, 2.45) is 0 Å². The van der Waals surface area contributed by atoms with Gasteiger partial charge in [0.15, 0.2) is 6.61 Å². The van der Waals surface area contributed by atoms with Crippen molar-refractivity contribution in [3.05, 3.63) is 70.8 Å². The summed E-state index contributed by atoms with van der Waals surface area (Å²) >= 11 is 6.11. The monoisotopic (exact) mass is 384 g/mol. The molecular formula is C22H25ClN2O2. The van der Waals surface area contributed by atoms with E-state index in [-0.39, 0.29) is 12.5 Å². The minimum absolute atomic E-state index is 0.00653. The number of aryl methyl sites for hydroxylation is 1. The van der Waals surface area contributed by atoms with Gasteiger partial charge >= 0.3 is 0 Å². The van der Waals surface area contributed by atoms with Crippen LogP contribution in [0, 0.1) is 6.92 Å². The lowest BCUT2D eigenvalue weighted by Crippen LogP contribution is -2.49. The summed E-state index contributed by atoms with van der Waals surface area (Å²) in [7, 11) is 0. The van der Waals surface area contributed by atoms with Crippen LogP contribution >= 0.6 is 11.6 Å². The molecule has 0 atom stereocenters. The molecule has 1 amide bonds. The highest BCUT2D eigenvalue weighted by atomic mass is 35.5. The van der Waals surface area contributed by atoms with Crippen molar-refractivity contribution < 1.29 is 9.53 Å². The summed E-state index contributed by atoms with van der Waals surface area (Å²) in [5.74, 6) is 0.571. The molecule has 1 aliphatic heterocycles. The lowest BCUT2D eigenvalue weighted by molar-refractivity contribution is -0.135. The maximum atomic E-state index is 12.4. The number of nitrogens with zero attached hydrogens (tertiary/aromatic N) is 2. The molecule has 27 heavy (non-hydrogen) atoms. The minimum Gasteiger partial charge on any atom is -0.482 e. The average molecular weight is 385 g/mol. The molecule has 0 unspecified atom stereocenters. The molecule has 1 saturated heterocycles. The molecule has 0 spiro atoms. The van der Waals surface area contributed by atoms with Gasteiger partial charge in [-0.2, -0.15) is 0 Å². The van der Waals surface area contributed by atoms with Gasteiger partial charge in [0.25, 0.3) is 5.91 Å². The van der Waals surface area contributed by atoms with E-state index < -0.39 is 0 Å². The lowest BCUT2D eigenvalue weighted by atomic mass is 10.2. The van der Waals surface area contributed by atoms with Crippen LogP contribution < -0.4 is 4.74 Å². The third-order valence-electron chi connectivity index (χ3n) is 4.64. The van der Waals surface area contributed by atoms with Crippen LogP contribution in [0.5, 0.6) is 5.75 Å². The fraction of sp³-hybridized carbons (Fsp3) is 0.318. The molecular weight excluding hydrogens is 360 g/mol. The molecule has 142 valence electrons. The van der Waals surface area contributed by atoms with Gasteiger partial charge in [-0.05, 0) is 30.2 Å². The molecule has 0 bridgehead atoms. The van der Waals surface area contributed by atoms with Crippen molar-refractivity contribution >= 4 is 23.6 Å². The van der Waals surface area contributed by atoms with Gasteiger partial charge in [-0.3, -0.25) is 9.69 Å². The summed E-state index contributed by atoms with van der Waals surface area (Å²) in [4.78, 5) is 16.6. The Balaban J connectivity index is 1.41. The van der Waals surface area contributed by atoms with Crippen molar-refractivity contribution in [3.8, 4) is 5.75 Å². The van der Waals surface area contributed by atoms with Crippen LogP contribution in [-0.4, -0.2) is 55.0 Å². The van der Waals surface area contributed by atoms with Crippen LogP contribution in [0.2, 0.25) is 5.02 Å². The molecule has 5 heteroatoms. The van der Waals surface area contributed by atoms with E-state index in [4.69, 9.17) is 16.3 Å². The second kappa shape index (κ2) is 9.58. The lowest BCUT2D eigenvalue weighted by Gasteiger charge is -2.34. The number of halogens is 1. The maximum absolute atomic E-state index is 12.4. The van der Waals surface area contributed by atoms with Crippen molar-refractivity contribution in [1.82, 2.24) is 9.80 Å². The molecule has 2 aromatic rings. The number of hydrogen-bond acceptors (Lipinski definition) is 3. The van der Waals surface area contributed by atoms with Gasteiger partial charge < -0.3 is 9.64 Å². The molecule has 1 heterocycles. The van der Waals surface area contributed by atoms with Gasteiger partial charge in [0.2, 0.25) is 0 Å². The minimum atomic E-state index is 0.00653. The quantitative estimate of drug-likeness (QED) is 0.757. The zero-order valence-electron chi connectivity index (χ0n) is 15.6. The second-order valence-electron chi connectivity index (χ2n) is 6.72. The van der Waals surface area contributed by atoms with E-state index in [2.05, 4.69) is 29.2 Å². The van der Waals surface area contributed by atoms with Crippen LogP contribution in [0.4, 0.5) is 0 Å². The van der Waals surface area contributed by atoms with E-state index in [1.54, 1.807) is 6.07 Å². The Morgan fingerprint density at radius 1 is 1.11 bits per heavy atom. The van der Waals surface area contributed by atoms with Crippen LogP contribution in [0.1, 0.15) is 11.1 Å². The highest BCUT2D eigenvalue weighted by molar-refractivity contribution is 6.32. The summed E-state index contributed by atoms with van der Waals surface area (Å²) in [5, 5.41) is 0.531. The SMILES string of the molecule is Cc1ccc(Cl)c(OCC(=O)N2CCN(C/C=C/c3ccccc3)CC2)c1. The van der Waals surface area contributed by atoms with Crippen LogP contribution in [0.25, 0.3) is 6.08 Å². The number of piperazine rings is 1. The first kappa shape index (κ1) is 19.5. The first-order valence-electron chi connectivity index (χ1n) is 9.22. The molecule has 4 nitrogen and oxygen atoms in total. The fourth-order valence-corrected chi connectivity index (χ4v) is 3.21. The first-order chi connectivity index (χ1) is 13.1. The Morgan fingerprint density at radius 2 is 1.85 bits per heavy atom. The average Bonchev–Trinajstić information content (AvgIpc) is 2.70. The van der Waals surface area contributed by atoms with Gasteiger partial charge in [0.05, 0.1) is 5.02 Å². The van der Waals surface area contributed by atoms with Crippen LogP contribution in [0.15, 0.2) is 54.6 Å². The van der Waals surface area contributed by atoms with Gasteiger partial charge in [-0.15, -0.1) is 0 Å². The Morgan fingerprint density at radius 3 is 2.59 bits per heavy atom. The molecule has 1 aliphatic rings. The summed E-state index contributed by atoms with van der Waals surface area (Å²) in [6.07, 6.45) is 4.31. The first-order valence-corrected chi connectivity index (χ1v) is 9.60. The van der Waals surface area contributed by atoms with Gasteiger partial charge in [0, 0.05) is 32.7 Å². The normalized spacial score (nSPS) is 15.3. The Labute approximate surface area is 166 Å². The predicted octanol–water partition coefficient (Wildman–Crippen LogP) is 3.88. The molecule has 0 aliphatic carbocycles.